The molecular weight excluding hydrogens is 349 g/mol. The quantitative estimate of drug-likeness (QED) is 0.793. The molecule has 9 heteroatoms. The third-order valence-corrected chi connectivity index (χ3v) is 3.30. The van der Waals surface area contributed by atoms with Crippen LogP contribution >= 0.6 is 11.6 Å². The van der Waals surface area contributed by atoms with Crippen LogP contribution in [0.4, 0.5) is 29.3 Å². The number of anilines is 2. The molecule has 0 radical (unpaired) electrons. The Bertz CT molecular complexity index is 787. The van der Waals surface area contributed by atoms with Crippen molar-refractivity contribution in [2.75, 3.05) is 24.9 Å². The number of urea groups is 1. The van der Waals surface area contributed by atoms with Crippen LogP contribution in [0.15, 0.2) is 24.3 Å². The van der Waals surface area contributed by atoms with Crippen LogP contribution in [0.1, 0.15) is 0 Å². The van der Waals surface area contributed by atoms with E-state index in [0.29, 0.717) is 6.07 Å². The molecule has 24 heavy (non-hydrogen) atoms. The highest BCUT2D eigenvalue weighted by molar-refractivity contribution is 6.32. The van der Waals surface area contributed by atoms with Crippen LogP contribution in [0.25, 0.3) is 0 Å². The highest BCUT2D eigenvalue weighted by Gasteiger charge is 2.17. The lowest BCUT2D eigenvalue weighted by Gasteiger charge is -2.14. The first-order chi connectivity index (χ1) is 11.4. The molecule has 2 N–H and O–H groups in total. The molecule has 0 aliphatic heterocycles. The summed E-state index contributed by atoms with van der Waals surface area (Å²) >= 11 is 5.94. The van der Waals surface area contributed by atoms with E-state index in [1.54, 1.807) is 0 Å². The minimum atomic E-state index is -1.68. The molecule has 0 saturated carbocycles. The van der Waals surface area contributed by atoms with Gasteiger partial charge >= 0.3 is 6.03 Å². The Morgan fingerprint density at radius 1 is 0.958 bits per heavy atom. The minimum absolute atomic E-state index is 0.180. The summed E-state index contributed by atoms with van der Waals surface area (Å²) in [5.74, 6) is -4.06. The molecular formula is C15H12ClF3N2O3. The van der Waals surface area contributed by atoms with Crippen LogP contribution in [0, 0.1) is 17.5 Å². The average molecular weight is 361 g/mol. The fourth-order valence-corrected chi connectivity index (χ4v) is 2.09. The van der Waals surface area contributed by atoms with E-state index in [0.717, 1.165) is 6.07 Å². The van der Waals surface area contributed by atoms with Crippen molar-refractivity contribution in [1.29, 1.82) is 0 Å². The van der Waals surface area contributed by atoms with Crippen LogP contribution in [-0.2, 0) is 0 Å². The van der Waals surface area contributed by atoms with Gasteiger partial charge in [-0.2, -0.15) is 0 Å². The molecule has 0 aromatic heterocycles. The average Bonchev–Trinajstić information content (AvgIpc) is 2.56. The monoisotopic (exact) mass is 360 g/mol. The van der Waals surface area contributed by atoms with Crippen LogP contribution in [0.3, 0.4) is 0 Å². The first kappa shape index (κ1) is 17.7. The molecule has 0 saturated heterocycles. The van der Waals surface area contributed by atoms with Crippen molar-refractivity contribution in [3.8, 4) is 11.5 Å². The number of carbonyl (C=O) groups is 1. The molecule has 2 aromatic carbocycles. The zero-order chi connectivity index (χ0) is 17.9. The summed E-state index contributed by atoms with van der Waals surface area (Å²) < 4.78 is 49.7. The van der Waals surface area contributed by atoms with Gasteiger partial charge in [-0.15, -0.1) is 0 Å². The fourth-order valence-electron chi connectivity index (χ4n) is 1.86. The number of nitrogens with one attached hydrogen (secondary N) is 2. The Balaban J connectivity index is 2.23. The SMILES string of the molecule is COc1cc(NC(=O)Nc2ccc(F)c(F)c2F)c(OC)cc1Cl. The molecule has 128 valence electrons. The van der Waals surface area contributed by atoms with Gasteiger partial charge in [-0.1, -0.05) is 11.6 Å². The summed E-state index contributed by atoms with van der Waals surface area (Å²) in [7, 11) is 2.74. The van der Waals surface area contributed by atoms with Gasteiger partial charge in [0.15, 0.2) is 17.5 Å². The zero-order valence-electron chi connectivity index (χ0n) is 12.5. The van der Waals surface area contributed by atoms with E-state index < -0.39 is 29.2 Å². The van der Waals surface area contributed by atoms with Gasteiger partial charge in [0.2, 0.25) is 0 Å². The highest BCUT2D eigenvalue weighted by Crippen LogP contribution is 2.36. The van der Waals surface area contributed by atoms with Crippen LogP contribution in [-0.4, -0.2) is 20.3 Å². The second-order valence-corrected chi connectivity index (χ2v) is 4.90. The Labute approximate surface area is 140 Å². The van der Waals surface area contributed by atoms with Gasteiger partial charge in [-0.05, 0) is 12.1 Å². The molecule has 2 aromatic rings. The third kappa shape index (κ3) is 3.65. The maximum absolute atomic E-state index is 13.6. The highest BCUT2D eigenvalue weighted by atomic mass is 35.5. The second kappa shape index (κ2) is 7.31. The Morgan fingerprint density at radius 3 is 2.21 bits per heavy atom. The van der Waals surface area contributed by atoms with Gasteiger partial charge in [0.25, 0.3) is 0 Å². The summed E-state index contributed by atoms with van der Waals surface area (Å²) in [6.07, 6.45) is 0. The van der Waals surface area contributed by atoms with E-state index in [1.165, 1.54) is 26.4 Å². The summed E-state index contributed by atoms with van der Waals surface area (Å²) in [5.41, 5.74) is -0.342. The summed E-state index contributed by atoms with van der Waals surface area (Å²) in [5, 5.41) is 4.70. The van der Waals surface area contributed by atoms with E-state index in [4.69, 9.17) is 21.1 Å². The van der Waals surface area contributed by atoms with Gasteiger partial charge in [0.1, 0.15) is 11.5 Å². The van der Waals surface area contributed by atoms with E-state index >= 15 is 0 Å². The van der Waals surface area contributed by atoms with Crippen LogP contribution in [0.2, 0.25) is 5.02 Å². The lowest BCUT2D eigenvalue weighted by atomic mass is 10.2. The Kier molecular flexibility index (Phi) is 5.40. The largest absolute Gasteiger partial charge is 0.495 e. The van der Waals surface area contributed by atoms with E-state index in [-0.39, 0.29) is 22.2 Å². The van der Waals surface area contributed by atoms with Gasteiger partial charge in [0.05, 0.1) is 30.6 Å². The van der Waals surface area contributed by atoms with E-state index in [1.807, 2.05) is 0 Å². The zero-order valence-corrected chi connectivity index (χ0v) is 13.3. The number of methoxy groups -OCH3 is 2. The lowest BCUT2D eigenvalue weighted by molar-refractivity contribution is 0.262. The second-order valence-electron chi connectivity index (χ2n) is 4.49. The smallest absolute Gasteiger partial charge is 0.323 e. The Morgan fingerprint density at radius 2 is 1.58 bits per heavy atom. The van der Waals surface area contributed by atoms with Crippen molar-refractivity contribution in [2.24, 2.45) is 0 Å². The van der Waals surface area contributed by atoms with E-state index in [2.05, 4.69) is 10.6 Å². The predicted octanol–water partition coefficient (Wildman–Crippen LogP) is 4.42. The number of hydrogen-bond acceptors (Lipinski definition) is 3. The predicted molar refractivity (Wildman–Crippen MR) is 83.5 cm³/mol. The molecule has 0 aliphatic carbocycles. The summed E-state index contributed by atoms with van der Waals surface area (Å²) in [6, 6.07) is 3.49. The standard InChI is InChI=1S/C15H12ClF3N2O3/c1-23-11-6-10(12(24-2)5-7(11)16)21-15(22)20-9-4-3-8(17)13(18)14(9)19/h3-6H,1-2H3,(H2,20,21,22). The van der Waals surface area contributed by atoms with Gasteiger partial charge in [0, 0.05) is 12.1 Å². The molecule has 0 unspecified atom stereocenters. The summed E-state index contributed by atoms with van der Waals surface area (Å²) in [6.45, 7) is 0. The Hall–Kier alpha value is -2.61. The molecule has 0 atom stereocenters. The van der Waals surface area contributed by atoms with Crippen molar-refractivity contribution < 1.29 is 27.4 Å². The lowest BCUT2D eigenvalue weighted by Crippen LogP contribution is -2.21. The molecule has 5 nitrogen and oxygen atoms in total. The number of amides is 2. The van der Waals surface area contributed by atoms with Crippen molar-refractivity contribution >= 4 is 29.0 Å². The summed E-state index contributed by atoms with van der Waals surface area (Å²) in [4.78, 5) is 11.9. The number of hydrogen-bond donors (Lipinski definition) is 2. The number of carbonyl (C=O) groups excluding carboxylic acids is 1. The topological polar surface area (TPSA) is 59.6 Å². The fraction of sp³-hybridized carbons (Fsp3) is 0.133. The van der Waals surface area contributed by atoms with Crippen molar-refractivity contribution in [3.05, 3.63) is 46.7 Å². The molecule has 0 bridgehead atoms. The van der Waals surface area contributed by atoms with E-state index in [9.17, 15) is 18.0 Å². The molecule has 0 heterocycles. The molecule has 0 fully saturated rings. The van der Waals surface area contributed by atoms with Crippen molar-refractivity contribution in [3.63, 3.8) is 0 Å². The normalized spacial score (nSPS) is 10.2. The maximum atomic E-state index is 13.6. The number of rotatable bonds is 4. The number of benzene rings is 2. The molecule has 2 rings (SSSR count). The molecule has 0 spiro atoms. The van der Waals surface area contributed by atoms with Gasteiger partial charge in [-0.3, -0.25) is 0 Å². The molecule has 0 aliphatic rings. The maximum Gasteiger partial charge on any atom is 0.323 e. The first-order valence-electron chi connectivity index (χ1n) is 6.50. The third-order valence-electron chi connectivity index (χ3n) is 3.01. The van der Waals surface area contributed by atoms with Crippen LogP contribution in [0.5, 0.6) is 11.5 Å². The van der Waals surface area contributed by atoms with Crippen LogP contribution < -0.4 is 20.1 Å². The van der Waals surface area contributed by atoms with Crippen molar-refractivity contribution in [1.82, 2.24) is 0 Å². The molecule has 2 amide bonds. The van der Waals surface area contributed by atoms with Gasteiger partial charge < -0.3 is 20.1 Å². The first-order valence-corrected chi connectivity index (χ1v) is 6.88. The van der Waals surface area contributed by atoms with Crippen molar-refractivity contribution in [2.45, 2.75) is 0 Å². The number of halogens is 4. The minimum Gasteiger partial charge on any atom is -0.495 e. The number of ether oxygens (including phenoxy) is 2. The van der Waals surface area contributed by atoms with Gasteiger partial charge in [-0.25, -0.2) is 18.0 Å².